The summed E-state index contributed by atoms with van der Waals surface area (Å²) in [6.45, 7) is 0.438. The van der Waals surface area contributed by atoms with Gasteiger partial charge in [-0.3, -0.25) is 0 Å². The molecule has 0 amide bonds. The average molecular weight is 104 g/mol. The molecule has 0 fully saturated rings. The highest BCUT2D eigenvalue weighted by atomic mass is 31.1. The van der Waals surface area contributed by atoms with Crippen LogP contribution in [0.3, 0.4) is 0 Å². The molecule has 0 N–H and O–H groups in total. The van der Waals surface area contributed by atoms with Crippen LogP contribution in [0.25, 0.3) is 0 Å². The van der Waals surface area contributed by atoms with Gasteiger partial charge in [0.15, 0.2) is 6.79 Å². The van der Waals surface area contributed by atoms with Crippen molar-refractivity contribution >= 4 is 14.2 Å². The first-order chi connectivity index (χ1) is 3.00. The van der Waals surface area contributed by atoms with Crippen LogP contribution in [-0.2, 0) is 9.47 Å². The lowest BCUT2D eigenvalue weighted by atomic mass is 11.3. The van der Waals surface area contributed by atoms with Crippen molar-refractivity contribution in [1.29, 1.82) is 0 Å². The molecule has 6 heavy (non-hydrogen) atoms. The van der Waals surface area contributed by atoms with Gasteiger partial charge in [-0.2, -0.15) is 0 Å². The molecule has 2 nitrogen and oxygen atoms in total. The lowest BCUT2D eigenvalue weighted by Crippen LogP contribution is -1.99. The third kappa shape index (κ3) is 1.05. The maximum Gasteiger partial charge on any atom is 0.153 e. The highest BCUT2D eigenvalue weighted by Crippen LogP contribution is 1.98. The zero-order chi connectivity index (χ0) is 4.24. The normalized spacial score (nSPS) is 24.0. The quantitative estimate of drug-likeness (QED) is 0.420. The number of hydrogen-bond acceptors (Lipinski definition) is 2. The molecule has 1 rings (SSSR count). The van der Waals surface area contributed by atoms with E-state index in [2.05, 4.69) is 0 Å². The van der Waals surface area contributed by atoms with E-state index < -0.39 is 0 Å². The van der Waals surface area contributed by atoms with Crippen LogP contribution < -0.4 is 0 Å². The van der Waals surface area contributed by atoms with E-state index >= 15 is 0 Å². The number of rotatable bonds is 0. The number of hydrogen-bond donors (Lipinski definition) is 0. The third-order valence-electron chi connectivity index (χ3n) is 0.466. The summed E-state index contributed by atoms with van der Waals surface area (Å²) in [7, 11) is 1.13. The molecule has 0 aromatic carbocycles. The summed E-state index contributed by atoms with van der Waals surface area (Å²) in [5.41, 5.74) is 0. The molecule has 3 heteroatoms. The van der Waals surface area contributed by atoms with E-state index in [9.17, 15) is 0 Å². The van der Waals surface area contributed by atoms with E-state index in [-0.39, 0.29) is 0 Å². The largest absolute Gasteiger partial charge is 0.346 e. The molecule has 0 aromatic heterocycles. The second-order valence-corrected chi connectivity index (χ2v) is 1.74. The fraction of sp³-hybridized carbons (Fsp3) is 0.667. The van der Waals surface area contributed by atoms with Crippen LogP contribution in [0.4, 0.5) is 0 Å². The monoisotopic (exact) mass is 104 g/mol. The van der Waals surface area contributed by atoms with Crippen molar-refractivity contribution < 1.29 is 9.47 Å². The van der Waals surface area contributed by atoms with E-state index in [1.165, 1.54) is 0 Å². The van der Waals surface area contributed by atoms with Gasteiger partial charge in [0.25, 0.3) is 0 Å². The van der Waals surface area contributed by atoms with Gasteiger partial charge in [0.1, 0.15) is 0 Å². The minimum atomic E-state index is 0.438. The van der Waals surface area contributed by atoms with Crippen LogP contribution in [-0.4, -0.2) is 19.1 Å². The summed E-state index contributed by atoms with van der Waals surface area (Å²) in [4.78, 5) is 0. The first kappa shape index (κ1) is 4.25. The first-order valence-electron chi connectivity index (χ1n) is 1.68. The van der Waals surface area contributed by atoms with Crippen molar-refractivity contribution in [1.82, 2.24) is 0 Å². The van der Waals surface area contributed by atoms with Gasteiger partial charge < -0.3 is 9.47 Å². The van der Waals surface area contributed by atoms with Crippen molar-refractivity contribution in [2.75, 3.05) is 13.1 Å². The van der Waals surface area contributed by atoms with Gasteiger partial charge in [0.2, 0.25) is 0 Å². The molecular weight excluding hydrogens is 99.0 g/mol. The summed E-state index contributed by atoms with van der Waals surface area (Å²) in [6, 6.07) is 0. The Balaban J connectivity index is 2.26. The van der Waals surface area contributed by atoms with Gasteiger partial charge in [-0.15, -0.1) is 0 Å². The Morgan fingerprint density at radius 3 is 2.83 bits per heavy atom. The summed E-state index contributed by atoms with van der Waals surface area (Å²) < 4.78 is 9.51. The SMILES string of the molecule is C1=PCOCO1. The van der Waals surface area contributed by atoms with Gasteiger partial charge >= 0.3 is 0 Å². The molecule has 0 bridgehead atoms. The maximum atomic E-state index is 4.80. The van der Waals surface area contributed by atoms with Crippen molar-refractivity contribution in [2.45, 2.75) is 0 Å². The fourth-order valence-corrected chi connectivity index (χ4v) is 0.659. The van der Waals surface area contributed by atoms with E-state index in [1.54, 1.807) is 5.98 Å². The molecule has 0 saturated heterocycles. The topological polar surface area (TPSA) is 18.5 Å². The van der Waals surface area contributed by atoms with E-state index in [0.29, 0.717) is 6.79 Å². The lowest BCUT2D eigenvalue weighted by Gasteiger charge is -2.01. The van der Waals surface area contributed by atoms with Crippen LogP contribution in [0, 0.1) is 0 Å². The van der Waals surface area contributed by atoms with Crippen molar-refractivity contribution in [2.24, 2.45) is 0 Å². The molecule has 0 unspecified atom stereocenters. The van der Waals surface area contributed by atoms with Crippen molar-refractivity contribution in [3.05, 3.63) is 0 Å². The smallest absolute Gasteiger partial charge is 0.153 e. The van der Waals surface area contributed by atoms with Gasteiger partial charge in [0, 0.05) is 0 Å². The molecular formula is C3H5O2P. The molecule has 0 aromatic rings. The third-order valence-corrected chi connectivity index (χ3v) is 1.10. The molecule has 0 aliphatic carbocycles. The second kappa shape index (κ2) is 2.30. The Labute approximate surface area is 37.9 Å². The second-order valence-electron chi connectivity index (χ2n) is 0.906. The fourth-order valence-electron chi connectivity index (χ4n) is 0.252. The Morgan fingerprint density at radius 1 is 1.67 bits per heavy atom. The van der Waals surface area contributed by atoms with E-state index in [0.717, 1.165) is 14.6 Å². The van der Waals surface area contributed by atoms with Crippen molar-refractivity contribution in [3.8, 4) is 0 Å². The van der Waals surface area contributed by atoms with Crippen LogP contribution in [0.1, 0.15) is 0 Å². The molecule has 1 aliphatic rings. The van der Waals surface area contributed by atoms with Gasteiger partial charge in [-0.1, -0.05) is 0 Å². The average Bonchev–Trinajstić information content (AvgIpc) is 1.72. The van der Waals surface area contributed by atoms with Gasteiger partial charge in [-0.25, -0.2) is 0 Å². The predicted octanol–water partition coefficient (Wildman–Crippen LogP) is 0.654. The lowest BCUT2D eigenvalue weighted by molar-refractivity contribution is 0.0344. The van der Waals surface area contributed by atoms with Crippen molar-refractivity contribution in [3.63, 3.8) is 0 Å². The minimum Gasteiger partial charge on any atom is -0.346 e. The maximum absolute atomic E-state index is 4.80. The highest BCUT2D eigenvalue weighted by molar-refractivity contribution is 7.37. The molecule has 34 valence electrons. The van der Waals surface area contributed by atoms with E-state index in [4.69, 9.17) is 9.47 Å². The zero-order valence-electron chi connectivity index (χ0n) is 3.26. The Bertz CT molecular complexity index is 53.8. The van der Waals surface area contributed by atoms with Crippen LogP contribution in [0.2, 0.25) is 0 Å². The zero-order valence-corrected chi connectivity index (χ0v) is 4.15. The Kier molecular flexibility index (Phi) is 1.63. The Hall–Kier alpha value is 0.0900. The van der Waals surface area contributed by atoms with Gasteiger partial charge in [-0.05, 0) is 8.20 Å². The highest BCUT2D eigenvalue weighted by Gasteiger charge is 1.85. The summed E-state index contributed by atoms with van der Waals surface area (Å²) in [6.07, 6.45) is 0.792. The molecule has 1 aliphatic heterocycles. The summed E-state index contributed by atoms with van der Waals surface area (Å²) in [5.74, 6) is 1.74. The van der Waals surface area contributed by atoms with Crippen LogP contribution in [0.5, 0.6) is 0 Å². The molecule has 0 spiro atoms. The minimum absolute atomic E-state index is 0.438. The molecule has 0 saturated carbocycles. The first-order valence-corrected chi connectivity index (χ1v) is 2.83. The summed E-state index contributed by atoms with van der Waals surface area (Å²) >= 11 is 0. The van der Waals surface area contributed by atoms with Crippen LogP contribution >= 0.6 is 8.20 Å². The predicted molar refractivity (Wildman–Crippen MR) is 24.9 cm³/mol. The number of ether oxygens (including phenoxy) is 2. The summed E-state index contributed by atoms with van der Waals surface area (Å²) in [5, 5.41) is 0. The molecule has 0 radical (unpaired) electrons. The van der Waals surface area contributed by atoms with Gasteiger partial charge in [0.05, 0.1) is 12.3 Å². The molecule has 0 atom stereocenters. The Morgan fingerprint density at radius 2 is 2.67 bits per heavy atom. The van der Waals surface area contributed by atoms with Crippen LogP contribution in [0.15, 0.2) is 0 Å². The molecule has 1 heterocycles. The standard InChI is InChI=1S/C3H5O2P/c1-4-2-6-3-5-1/h2H,1,3H2. The van der Waals surface area contributed by atoms with E-state index in [1.807, 2.05) is 0 Å².